The third-order valence-electron chi connectivity index (χ3n) is 4.42. The topological polar surface area (TPSA) is 104 Å². The number of hydrogen-bond donors (Lipinski definition) is 1. The summed E-state index contributed by atoms with van der Waals surface area (Å²) in [6.07, 6.45) is 1.37. The van der Waals surface area contributed by atoms with E-state index in [-0.39, 0.29) is 29.4 Å². The molecular weight excluding hydrogens is 449 g/mol. The molecule has 0 aliphatic rings. The Kier molecular flexibility index (Phi) is 8.31. The number of carbonyl (C=O) groups is 1. The summed E-state index contributed by atoms with van der Waals surface area (Å²) in [6, 6.07) is 8.71. The fourth-order valence-corrected chi connectivity index (χ4v) is 3.77. The molecule has 0 bridgehead atoms. The monoisotopic (exact) mass is 473 g/mol. The molecule has 0 radical (unpaired) electrons. The first kappa shape index (κ1) is 24.1. The van der Waals surface area contributed by atoms with E-state index in [4.69, 9.17) is 9.47 Å². The summed E-state index contributed by atoms with van der Waals surface area (Å²) in [5.74, 6) is -0.262. The van der Waals surface area contributed by atoms with Crippen LogP contribution < -0.4 is 14.8 Å². The van der Waals surface area contributed by atoms with Crippen molar-refractivity contribution < 1.29 is 23.6 Å². The summed E-state index contributed by atoms with van der Waals surface area (Å²) in [4.78, 5) is 28.1. The third kappa shape index (κ3) is 6.48. The molecule has 3 rings (SSSR count). The van der Waals surface area contributed by atoms with E-state index in [9.17, 15) is 19.3 Å². The van der Waals surface area contributed by atoms with Crippen LogP contribution in [0.25, 0.3) is 10.6 Å². The molecule has 2 aromatic carbocycles. The smallest absolute Gasteiger partial charge is 0.296 e. The molecule has 3 aromatic rings. The summed E-state index contributed by atoms with van der Waals surface area (Å²) in [7, 11) is 0. The Hall–Kier alpha value is -3.53. The lowest BCUT2D eigenvalue weighted by Crippen LogP contribution is -2.16. The molecule has 1 heterocycles. The van der Waals surface area contributed by atoms with Crippen molar-refractivity contribution in [3.63, 3.8) is 0 Å². The SMILES string of the molecule is CCCOc1cc(NC(=O)Cc2csc(-c3cccc(F)c3)n2)c([N+](=O)[O-])cc1OCCC. The molecule has 1 aromatic heterocycles. The third-order valence-corrected chi connectivity index (χ3v) is 5.36. The van der Waals surface area contributed by atoms with Crippen molar-refractivity contribution in [2.75, 3.05) is 18.5 Å². The summed E-state index contributed by atoms with van der Waals surface area (Å²) in [5.41, 5.74) is 0.810. The number of amides is 1. The summed E-state index contributed by atoms with van der Waals surface area (Å²) in [6.45, 7) is 4.64. The van der Waals surface area contributed by atoms with Crippen molar-refractivity contribution in [1.82, 2.24) is 4.98 Å². The predicted molar refractivity (Wildman–Crippen MR) is 125 cm³/mol. The van der Waals surface area contributed by atoms with Crippen LogP contribution in [0.2, 0.25) is 0 Å². The number of nitrogens with zero attached hydrogens (tertiary/aromatic N) is 2. The number of halogens is 1. The highest BCUT2D eigenvalue weighted by molar-refractivity contribution is 7.13. The van der Waals surface area contributed by atoms with Crippen molar-refractivity contribution in [2.45, 2.75) is 33.1 Å². The minimum Gasteiger partial charge on any atom is -0.490 e. The molecule has 174 valence electrons. The van der Waals surface area contributed by atoms with Gasteiger partial charge in [-0.15, -0.1) is 11.3 Å². The van der Waals surface area contributed by atoms with Crippen LogP contribution in [0.1, 0.15) is 32.4 Å². The Morgan fingerprint density at radius 1 is 1.15 bits per heavy atom. The highest BCUT2D eigenvalue weighted by Crippen LogP contribution is 2.38. The Labute approximate surface area is 194 Å². The van der Waals surface area contributed by atoms with Gasteiger partial charge in [0.2, 0.25) is 5.91 Å². The minimum atomic E-state index is -0.580. The number of anilines is 1. The molecular formula is C23H24FN3O5S. The van der Waals surface area contributed by atoms with E-state index in [0.717, 1.165) is 12.8 Å². The molecule has 0 aliphatic carbocycles. The van der Waals surface area contributed by atoms with Crippen LogP contribution in [0.5, 0.6) is 11.5 Å². The highest BCUT2D eigenvalue weighted by Gasteiger charge is 2.22. The summed E-state index contributed by atoms with van der Waals surface area (Å²) >= 11 is 1.29. The van der Waals surface area contributed by atoms with Gasteiger partial charge < -0.3 is 14.8 Å². The van der Waals surface area contributed by atoms with Gasteiger partial charge in [0.05, 0.1) is 36.3 Å². The predicted octanol–water partition coefficient (Wildman–Crippen LogP) is 5.62. The first-order chi connectivity index (χ1) is 15.9. The van der Waals surface area contributed by atoms with Gasteiger partial charge in [0, 0.05) is 17.0 Å². The second-order valence-corrected chi connectivity index (χ2v) is 8.01. The van der Waals surface area contributed by atoms with Crippen molar-refractivity contribution in [3.05, 3.63) is 63.4 Å². The number of benzene rings is 2. The van der Waals surface area contributed by atoms with Crippen molar-refractivity contribution in [1.29, 1.82) is 0 Å². The van der Waals surface area contributed by atoms with E-state index in [0.29, 0.717) is 35.2 Å². The van der Waals surface area contributed by atoms with Crippen LogP contribution in [0.4, 0.5) is 15.8 Å². The molecule has 0 spiro atoms. The molecule has 1 amide bonds. The fraction of sp³-hybridized carbons (Fsp3) is 0.304. The van der Waals surface area contributed by atoms with E-state index in [2.05, 4.69) is 10.3 Å². The molecule has 0 aliphatic heterocycles. The summed E-state index contributed by atoms with van der Waals surface area (Å²) < 4.78 is 24.7. The standard InChI is InChI=1S/C23H24FN3O5S/c1-3-8-31-20-12-18(19(27(29)30)13-21(20)32-9-4-2)26-22(28)11-17-14-33-23(25-17)15-6-5-7-16(24)10-15/h5-7,10,12-14H,3-4,8-9,11H2,1-2H3,(H,26,28). The van der Waals surface area contributed by atoms with E-state index in [1.165, 1.54) is 35.6 Å². The Morgan fingerprint density at radius 3 is 2.48 bits per heavy atom. The van der Waals surface area contributed by atoms with E-state index in [1.54, 1.807) is 17.5 Å². The van der Waals surface area contributed by atoms with E-state index >= 15 is 0 Å². The largest absolute Gasteiger partial charge is 0.490 e. The average molecular weight is 474 g/mol. The maximum absolute atomic E-state index is 13.5. The van der Waals surface area contributed by atoms with Gasteiger partial charge in [-0.25, -0.2) is 9.37 Å². The van der Waals surface area contributed by atoms with Crippen molar-refractivity contribution >= 4 is 28.6 Å². The first-order valence-corrected chi connectivity index (χ1v) is 11.4. The van der Waals surface area contributed by atoms with Crippen molar-refractivity contribution in [2.24, 2.45) is 0 Å². The number of aromatic nitrogens is 1. The maximum Gasteiger partial charge on any atom is 0.296 e. The normalized spacial score (nSPS) is 10.6. The van der Waals surface area contributed by atoms with Crippen LogP contribution >= 0.6 is 11.3 Å². The van der Waals surface area contributed by atoms with Gasteiger partial charge in [0.15, 0.2) is 11.5 Å². The van der Waals surface area contributed by atoms with Gasteiger partial charge in [-0.1, -0.05) is 26.0 Å². The second-order valence-electron chi connectivity index (χ2n) is 7.15. The van der Waals surface area contributed by atoms with Crippen LogP contribution in [0.3, 0.4) is 0 Å². The molecule has 0 unspecified atom stereocenters. The van der Waals surface area contributed by atoms with Crippen LogP contribution in [0.15, 0.2) is 41.8 Å². The number of rotatable bonds is 11. The lowest BCUT2D eigenvalue weighted by Gasteiger charge is -2.14. The van der Waals surface area contributed by atoms with Crippen LogP contribution in [-0.4, -0.2) is 29.0 Å². The molecule has 0 saturated carbocycles. The number of hydrogen-bond acceptors (Lipinski definition) is 7. The zero-order valence-electron chi connectivity index (χ0n) is 18.3. The molecule has 0 saturated heterocycles. The first-order valence-electron chi connectivity index (χ1n) is 10.5. The van der Waals surface area contributed by atoms with Gasteiger partial charge in [-0.05, 0) is 25.0 Å². The van der Waals surface area contributed by atoms with Crippen LogP contribution in [-0.2, 0) is 11.2 Å². The van der Waals surface area contributed by atoms with Gasteiger partial charge in [-0.3, -0.25) is 14.9 Å². The molecule has 0 fully saturated rings. The van der Waals surface area contributed by atoms with Gasteiger partial charge in [0.25, 0.3) is 5.69 Å². The Balaban J connectivity index is 1.79. The number of carbonyl (C=O) groups excluding carboxylic acids is 1. The molecule has 8 nitrogen and oxygen atoms in total. The van der Waals surface area contributed by atoms with E-state index in [1.807, 2.05) is 13.8 Å². The average Bonchev–Trinajstić information content (AvgIpc) is 3.25. The second kappa shape index (κ2) is 11.4. The zero-order valence-corrected chi connectivity index (χ0v) is 19.1. The molecule has 0 atom stereocenters. The lowest BCUT2D eigenvalue weighted by atomic mass is 10.2. The number of nitro groups is 1. The number of nitrogens with one attached hydrogen (secondary N) is 1. The number of ether oxygens (including phenoxy) is 2. The van der Waals surface area contributed by atoms with Gasteiger partial charge >= 0.3 is 0 Å². The van der Waals surface area contributed by atoms with Crippen LogP contribution in [0, 0.1) is 15.9 Å². The quantitative estimate of drug-likeness (QED) is 0.286. The highest BCUT2D eigenvalue weighted by atomic mass is 32.1. The Morgan fingerprint density at radius 2 is 1.85 bits per heavy atom. The zero-order chi connectivity index (χ0) is 23.8. The summed E-state index contributed by atoms with van der Waals surface area (Å²) in [5, 5.41) is 16.5. The Bertz CT molecular complexity index is 1140. The fourth-order valence-electron chi connectivity index (χ4n) is 2.95. The number of thiazole rings is 1. The van der Waals surface area contributed by atoms with Gasteiger partial charge in [0.1, 0.15) is 16.5 Å². The van der Waals surface area contributed by atoms with Gasteiger partial charge in [-0.2, -0.15) is 0 Å². The molecule has 10 heteroatoms. The molecule has 1 N–H and O–H groups in total. The lowest BCUT2D eigenvalue weighted by molar-refractivity contribution is -0.384. The number of nitro benzene ring substituents is 1. The van der Waals surface area contributed by atoms with Crippen molar-refractivity contribution in [3.8, 4) is 22.1 Å². The van der Waals surface area contributed by atoms with E-state index < -0.39 is 10.8 Å². The molecule has 33 heavy (non-hydrogen) atoms. The minimum absolute atomic E-state index is 0.0144. The maximum atomic E-state index is 13.5.